The fraction of sp³-hybridized carbons (Fsp3) is 0.529. The molecule has 1 heterocycles. The van der Waals surface area contributed by atoms with E-state index in [-0.39, 0.29) is 5.41 Å². The van der Waals surface area contributed by atoms with Gasteiger partial charge in [0, 0.05) is 6.04 Å². The van der Waals surface area contributed by atoms with Gasteiger partial charge in [-0.15, -0.1) is 0 Å². The van der Waals surface area contributed by atoms with Gasteiger partial charge in [0.2, 0.25) is 5.89 Å². The van der Waals surface area contributed by atoms with Gasteiger partial charge >= 0.3 is 0 Å². The Kier molecular flexibility index (Phi) is 4.06. The Morgan fingerprint density at radius 1 is 1.29 bits per heavy atom. The predicted molar refractivity (Wildman–Crippen MR) is 82.0 cm³/mol. The summed E-state index contributed by atoms with van der Waals surface area (Å²) in [6.07, 6.45) is 4.53. The third kappa shape index (κ3) is 2.72. The number of rotatable bonds is 6. The van der Waals surface area contributed by atoms with Crippen LogP contribution in [0.3, 0.4) is 0 Å². The van der Waals surface area contributed by atoms with Crippen LogP contribution >= 0.6 is 0 Å². The van der Waals surface area contributed by atoms with Crippen molar-refractivity contribution in [2.24, 2.45) is 0 Å². The van der Waals surface area contributed by atoms with Crippen LogP contribution in [0.1, 0.15) is 56.8 Å². The van der Waals surface area contributed by atoms with Crippen LogP contribution in [-0.2, 0) is 12.0 Å². The molecule has 0 bridgehead atoms. The van der Waals surface area contributed by atoms with Crippen molar-refractivity contribution < 1.29 is 4.52 Å². The van der Waals surface area contributed by atoms with Crippen molar-refractivity contribution in [2.75, 3.05) is 0 Å². The molecule has 1 saturated carbocycles. The number of hydrogen-bond donors (Lipinski definition) is 1. The largest absolute Gasteiger partial charge is 0.338 e. The third-order valence-corrected chi connectivity index (χ3v) is 4.64. The van der Waals surface area contributed by atoms with Crippen LogP contribution in [0.2, 0.25) is 0 Å². The zero-order valence-electron chi connectivity index (χ0n) is 12.8. The highest BCUT2D eigenvalue weighted by atomic mass is 16.5. The van der Waals surface area contributed by atoms with Gasteiger partial charge in [-0.1, -0.05) is 48.8 Å². The smallest absolute Gasteiger partial charge is 0.240 e. The molecule has 1 aliphatic carbocycles. The average molecular weight is 285 g/mol. The van der Waals surface area contributed by atoms with Crippen LogP contribution in [0.4, 0.5) is 0 Å². The van der Waals surface area contributed by atoms with Crippen LogP contribution in [0.15, 0.2) is 34.9 Å². The number of hydrogen-bond acceptors (Lipinski definition) is 4. The molecule has 2 aromatic rings. The Hall–Kier alpha value is -1.68. The van der Waals surface area contributed by atoms with Gasteiger partial charge in [0.25, 0.3) is 0 Å². The summed E-state index contributed by atoms with van der Waals surface area (Å²) in [6, 6.07) is 11.0. The van der Waals surface area contributed by atoms with E-state index in [1.54, 1.807) is 0 Å². The van der Waals surface area contributed by atoms with Crippen LogP contribution in [0.5, 0.6) is 0 Å². The molecule has 4 heteroatoms. The molecule has 0 saturated heterocycles. The summed E-state index contributed by atoms with van der Waals surface area (Å²) in [7, 11) is 0. The minimum Gasteiger partial charge on any atom is -0.338 e. The maximum atomic E-state index is 5.44. The first-order chi connectivity index (χ1) is 10.2. The van der Waals surface area contributed by atoms with E-state index in [4.69, 9.17) is 4.52 Å². The lowest BCUT2D eigenvalue weighted by atomic mass is 9.64. The summed E-state index contributed by atoms with van der Waals surface area (Å²) >= 11 is 0. The second-order valence-electron chi connectivity index (χ2n) is 6.00. The Morgan fingerprint density at radius 3 is 2.67 bits per heavy atom. The van der Waals surface area contributed by atoms with E-state index in [9.17, 15) is 0 Å². The first kappa shape index (κ1) is 14.3. The second kappa shape index (κ2) is 5.98. The van der Waals surface area contributed by atoms with E-state index in [1.807, 2.05) is 6.07 Å². The lowest BCUT2D eigenvalue weighted by molar-refractivity contribution is 0.270. The summed E-state index contributed by atoms with van der Waals surface area (Å²) in [5, 5.41) is 7.66. The number of nitrogens with zero attached hydrogens (tertiary/aromatic N) is 2. The minimum absolute atomic E-state index is 0.0284. The standard InChI is InChI=1S/C17H23N3O/c1-3-13(2)18-12-15-19-16(20-21-15)17(10-7-11-17)14-8-5-4-6-9-14/h4-6,8-9,13,18H,3,7,10-12H2,1-2H3. The first-order valence-electron chi connectivity index (χ1n) is 7.86. The molecule has 1 aromatic carbocycles. The summed E-state index contributed by atoms with van der Waals surface area (Å²) in [5.74, 6) is 1.54. The second-order valence-corrected chi connectivity index (χ2v) is 6.00. The van der Waals surface area contributed by atoms with E-state index in [0.717, 1.165) is 25.1 Å². The Bertz CT molecular complexity index is 575. The molecule has 1 fully saturated rings. The highest BCUT2D eigenvalue weighted by molar-refractivity contribution is 5.35. The molecule has 4 nitrogen and oxygen atoms in total. The van der Waals surface area contributed by atoms with Gasteiger partial charge < -0.3 is 9.84 Å². The summed E-state index contributed by atoms with van der Waals surface area (Å²) in [6.45, 7) is 4.97. The molecule has 21 heavy (non-hydrogen) atoms. The van der Waals surface area contributed by atoms with E-state index >= 15 is 0 Å². The molecule has 3 rings (SSSR count). The maximum absolute atomic E-state index is 5.44. The van der Waals surface area contributed by atoms with Crippen molar-refractivity contribution in [1.29, 1.82) is 0 Å². The molecule has 1 atom stereocenters. The molecular formula is C17H23N3O. The molecule has 0 amide bonds. The van der Waals surface area contributed by atoms with Crippen LogP contribution < -0.4 is 5.32 Å². The Morgan fingerprint density at radius 2 is 2.05 bits per heavy atom. The molecular weight excluding hydrogens is 262 g/mol. The highest BCUT2D eigenvalue weighted by Crippen LogP contribution is 2.47. The van der Waals surface area contributed by atoms with E-state index in [2.05, 4.69) is 53.6 Å². The number of nitrogens with one attached hydrogen (secondary N) is 1. The van der Waals surface area contributed by atoms with Gasteiger partial charge in [0.1, 0.15) is 0 Å². The van der Waals surface area contributed by atoms with Crippen molar-refractivity contribution >= 4 is 0 Å². The van der Waals surface area contributed by atoms with Crippen molar-refractivity contribution in [3.63, 3.8) is 0 Å². The van der Waals surface area contributed by atoms with Crippen LogP contribution in [0.25, 0.3) is 0 Å². The average Bonchev–Trinajstić information content (AvgIpc) is 2.94. The molecule has 1 aromatic heterocycles. The van der Waals surface area contributed by atoms with Gasteiger partial charge in [0.15, 0.2) is 5.82 Å². The van der Waals surface area contributed by atoms with Crippen molar-refractivity contribution in [3.8, 4) is 0 Å². The van der Waals surface area contributed by atoms with Crippen molar-refractivity contribution in [1.82, 2.24) is 15.5 Å². The van der Waals surface area contributed by atoms with Gasteiger partial charge in [-0.3, -0.25) is 0 Å². The predicted octanol–water partition coefficient (Wildman–Crippen LogP) is 3.43. The monoisotopic (exact) mass is 285 g/mol. The third-order valence-electron chi connectivity index (χ3n) is 4.64. The zero-order chi connectivity index (χ0) is 14.7. The summed E-state index contributed by atoms with van der Waals surface area (Å²) in [5.41, 5.74) is 1.28. The van der Waals surface area contributed by atoms with Gasteiger partial charge in [-0.05, 0) is 31.7 Å². The minimum atomic E-state index is -0.0284. The molecule has 112 valence electrons. The van der Waals surface area contributed by atoms with Crippen molar-refractivity contribution in [3.05, 3.63) is 47.6 Å². The van der Waals surface area contributed by atoms with E-state index in [0.29, 0.717) is 18.5 Å². The van der Waals surface area contributed by atoms with Gasteiger partial charge in [0.05, 0.1) is 12.0 Å². The number of aromatic nitrogens is 2. The summed E-state index contributed by atoms with van der Waals surface area (Å²) in [4.78, 5) is 4.65. The molecule has 1 N–H and O–H groups in total. The van der Waals surface area contributed by atoms with Gasteiger partial charge in [-0.25, -0.2) is 0 Å². The molecule has 0 radical (unpaired) electrons. The maximum Gasteiger partial charge on any atom is 0.240 e. The molecule has 0 spiro atoms. The topological polar surface area (TPSA) is 51.0 Å². The van der Waals surface area contributed by atoms with E-state index < -0.39 is 0 Å². The first-order valence-corrected chi connectivity index (χ1v) is 7.86. The van der Waals surface area contributed by atoms with Crippen LogP contribution in [0, 0.1) is 0 Å². The highest BCUT2D eigenvalue weighted by Gasteiger charge is 2.44. The van der Waals surface area contributed by atoms with Crippen molar-refractivity contribution in [2.45, 2.75) is 57.5 Å². The molecule has 1 unspecified atom stereocenters. The Labute approximate surface area is 126 Å². The fourth-order valence-corrected chi connectivity index (χ4v) is 2.86. The lowest BCUT2D eigenvalue weighted by Gasteiger charge is -2.39. The SMILES string of the molecule is CCC(C)NCc1nc(C2(c3ccccc3)CCC2)no1. The van der Waals surface area contributed by atoms with Crippen LogP contribution in [-0.4, -0.2) is 16.2 Å². The fourth-order valence-electron chi connectivity index (χ4n) is 2.86. The summed E-state index contributed by atoms with van der Waals surface area (Å²) < 4.78 is 5.44. The number of benzene rings is 1. The van der Waals surface area contributed by atoms with E-state index in [1.165, 1.54) is 12.0 Å². The molecule has 1 aliphatic rings. The quantitative estimate of drug-likeness (QED) is 0.883. The Balaban J connectivity index is 1.78. The normalized spacial score (nSPS) is 18.2. The van der Waals surface area contributed by atoms with Gasteiger partial charge in [-0.2, -0.15) is 4.98 Å². The zero-order valence-corrected chi connectivity index (χ0v) is 12.8. The lowest BCUT2D eigenvalue weighted by Crippen LogP contribution is -2.36. The molecule has 0 aliphatic heterocycles.